The zero-order chi connectivity index (χ0) is 16.0. The second-order valence-corrected chi connectivity index (χ2v) is 7.10. The van der Waals surface area contributed by atoms with Crippen LogP contribution in [0.4, 0.5) is 5.69 Å². The van der Waals surface area contributed by atoms with Crippen LogP contribution in [0.1, 0.15) is 11.1 Å². The topological polar surface area (TPSA) is 89.3 Å². The van der Waals surface area contributed by atoms with E-state index in [4.69, 9.17) is 5.73 Å². The third-order valence-electron chi connectivity index (χ3n) is 3.05. The molecule has 0 heterocycles. The third kappa shape index (κ3) is 5.21. The molecule has 0 spiro atoms. The molecule has 116 valence electrons. The Morgan fingerprint density at radius 2 is 1.59 bits per heavy atom. The van der Waals surface area contributed by atoms with Gasteiger partial charge in [-0.05, 0) is 23.3 Å². The monoisotopic (exact) mass is 318 g/mol. The molecule has 0 saturated carbocycles. The van der Waals surface area contributed by atoms with Gasteiger partial charge in [0.2, 0.25) is 5.91 Å². The number of hydrogen-bond acceptors (Lipinski definition) is 4. The Bertz CT molecular complexity index is 726. The first-order valence-corrected chi connectivity index (χ1v) is 8.62. The maximum absolute atomic E-state index is 12.0. The van der Waals surface area contributed by atoms with E-state index in [-0.39, 0.29) is 5.75 Å². The Hall–Kier alpha value is -2.34. The number of nitrogens with one attached hydrogen (secondary N) is 1. The second-order valence-electron chi connectivity index (χ2n) is 5.04. The van der Waals surface area contributed by atoms with E-state index in [1.54, 1.807) is 24.3 Å². The predicted octanol–water partition coefficient (Wildman–Crippen LogP) is 1.50. The molecule has 0 atom stereocenters. The van der Waals surface area contributed by atoms with E-state index >= 15 is 0 Å². The molecule has 5 nitrogen and oxygen atoms in total. The van der Waals surface area contributed by atoms with E-state index in [0.29, 0.717) is 17.8 Å². The van der Waals surface area contributed by atoms with Gasteiger partial charge in [-0.1, -0.05) is 42.5 Å². The molecule has 3 N–H and O–H groups in total. The minimum Gasteiger partial charge on any atom is -0.399 e. The molecule has 0 bridgehead atoms. The number of benzene rings is 2. The summed E-state index contributed by atoms with van der Waals surface area (Å²) in [6, 6.07) is 15.9. The third-order valence-corrected chi connectivity index (χ3v) is 4.52. The Morgan fingerprint density at radius 3 is 2.23 bits per heavy atom. The first kappa shape index (κ1) is 16.0. The normalized spacial score (nSPS) is 11.1. The lowest BCUT2D eigenvalue weighted by atomic mass is 10.2. The highest BCUT2D eigenvalue weighted by atomic mass is 32.2. The number of sulfone groups is 1. The van der Waals surface area contributed by atoms with Crippen molar-refractivity contribution in [2.75, 3.05) is 11.5 Å². The van der Waals surface area contributed by atoms with E-state index in [2.05, 4.69) is 5.32 Å². The smallest absolute Gasteiger partial charge is 0.235 e. The van der Waals surface area contributed by atoms with Crippen molar-refractivity contribution in [3.63, 3.8) is 0 Å². The predicted molar refractivity (Wildman–Crippen MR) is 86.6 cm³/mol. The van der Waals surface area contributed by atoms with Crippen LogP contribution in [0.3, 0.4) is 0 Å². The van der Waals surface area contributed by atoms with Crippen LogP contribution < -0.4 is 11.1 Å². The van der Waals surface area contributed by atoms with Gasteiger partial charge < -0.3 is 11.1 Å². The Balaban J connectivity index is 1.88. The van der Waals surface area contributed by atoms with Gasteiger partial charge in [0.1, 0.15) is 5.75 Å². The highest BCUT2D eigenvalue weighted by molar-refractivity contribution is 7.91. The summed E-state index contributed by atoms with van der Waals surface area (Å²) in [5.74, 6) is -1.20. The molecule has 0 unspecified atom stereocenters. The maximum atomic E-state index is 12.0. The van der Waals surface area contributed by atoms with Gasteiger partial charge in [-0.3, -0.25) is 4.79 Å². The molecule has 1 amide bonds. The van der Waals surface area contributed by atoms with Crippen LogP contribution in [0.5, 0.6) is 0 Å². The molecule has 2 aromatic rings. The Kier molecular flexibility index (Phi) is 5.16. The van der Waals surface area contributed by atoms with Crippen molar-refractivity contribution in [1.82, 2.24) is 5.32 Å². The molecule has 2 aromatic carbocycles. The molecule has 0 aliphatic heterocycles. The summed E-state index contributed by atoms with van der Waals surface area (Å²) in [7, 11) is -3.50. The molecule has 2 rings (SSSR count). The molecule has 0 aromatic heterocycles. The van der Waals surface area contributed by atoms with Crippen molar-refractivity contribution >= 4 is 21.4 Å². The Labute approximate surface area is 130 Å². The van der Waals surface area contributed by atoms with Gasteiger partial charge >= 0.3 is 0 Å². The standard InChI is InChI=1S/C16H18N2O3S/c17-15-8-6-14(7-9-15)11-22(20,21)12-16(19)18-10-13-4-2-1-3-5-13/h1-9H,10-12,17H2,(H,18,19). The lowest BCUT2D eigenvalue weighted by Gasteiger charge is -2.07. The van der Waals surface area contributed by atoms with Gasteiger partial charge in [-0.2, -0.15) is 0 Å². The summed E-state index contributed by atoms with van der Waals surface area (Å²) in [5, 5.41) is 2.61. The molecule has 0 fully saturated rings. The Morgan fingerprint density at radius 1 is 0.955 bits per heavy atom. The van der Waals surface area contributed by atoms with Crippen LogP contribution in [0.25, 0.3) is 0 Å². The fourth-order valence-corrected chi connectivity index (χ4v) is 3.27. The fourth-order valence-electron chi connectivity index (χ4n) is 1.97. The number of nitrogens with two attached hydrogens (primary N) is 1. The number of hydrogen-bond donors (Lipinski definition) is 2. The first-order chi connectivity index (χ1) is 10.4. The van der Waals surface area contributed by atoms with Crippen molar-refractivity contribution in [2.45, 2.75) is 12.3 Å². The number of carbonyl (C=O) groups excluding carboxylic acids is 1. The lowest BCUT2D eigenvalue weighted by Crippen LogP contribution is -2.30. The van der Waals surface area contributed by atoms with Crippen molar-refractivity contribution in [3.05, 3.63) is 65.7 Å². The molecular formula is C16H18N2O3S. The largest absolute Gasteiger partial charge is 0.399 e. The van der Waals surface area contributed by atoms with Crippen LogP contribution in [0.2, 0.25) is 0 Å². The van der Waals surface area contributed by atoms with Crippen molar-refractivity contribution in [3.8, 4) is 0 Å². The van der Waals surface area contributed by atoms with Crippen LogP contribution in [-0.4, -0.2) is 20.1 Å². The van der Waals surface area contributed by atoms with Crippen molar-refractivity contribution in [1.29, 1.82) is 0 Å². The zero-order valence-corrected chi connectivity index (χ0v) is 12.8. The highest BCUT2D eigenvalue weighted by Gasteiger charge is 2.17. The van der Waals surface area contributed by atoms with Crippen molar-refractivity contribution < 1.29 is 13.2 Å². The molecule has 6 heteroatoms. The average molecular weight is 318 g/mol. The summed E-state index contributed by atoms with van der Waals surface area (Å²) >= 11 is 0. The summed E-state index contributed by atoms with van der Waals surface area (Å²) < 4.78 is 24.0. The van der Waals surface area contributed by atoms with Crippen LogP contribution in [0, 0.1) is 0 Å². The summed E-state index contributed by atoms with van der Waals surface area (Å²) in [6.45, 7) is 0.317. The fraction of sp³-hybridized carbons (Fsp3) is 0.188. The molecule has 0 aliphatic carbocycles. The molecule has 0 saturated heterocycles. The minimum absolute atomic E-state index is 0.175. The van der Waals surface area contributed by atoms with Crippen LogP contribution >= 0.6 is 0 Å². The van der Waals surface area contributed by atoms with Gasteiger partial charge in [0.05, 0.1) is 5.75 Å². The second kappa shape index (κ2) is 7.09. The molecule has 0 radical (unpaired) electrons. The highest BCUT2D eigenvalue weighted by Crippen LogP contribution is 2.10. The molecular weight excluding hydrogens is 300 g/mol. The SMILES string of the molecule is Nc1ccc(CS(=O)(=O)CC(=O)NCc2ccccc2)cc1. The van der Waals surface area contributed by atoms with Crippen LogP contribution in [0.15, 0.2) is 54.6 Å². The van der Waals surface area contributed by atoms with E-state index in [1.807, 2.05) is 30.3 Å². The molecule has 0 aliphatic rings. The number of rotatable bonds is 6. The lowest BCUT2D eigenvalue weighted by molar-refractivity contribution is -0.118. The maximum Gasteiger partial charge on any atom is 0.235 e. The first-order valence-electron chi connectivity index (χ1n) is 6.80. The van der Waals surface area contributed by atoms with E-state index in [9.17, 15) is 13.2 Å². The number of nitrogen functional groups attached to an aromatic ring is 1. The zero-order valence-electron chi connectivity index (χ0n) is 12.0. The summed E-state index contributed by atoms with van der Waals surface area (Å²) in [4.78, 5) is 11.8. The van der Waals surface area contributed by atoms with E-state index < -0.39 is 21.5 Å². The van der Waals surface area contributed by atoms with E-state index in [1.165, 1.54) is 0 Å². The van der Waals surface area contributed by atoms with Gasteiger partial charge in [-0.15, -0.1) is 0 Å². The minimum atomic E-state index is -3.50. The van der Waals surface area contributed by atoms with Gasteiger partial charge in [0.15, 0.2) is 9.84 Å². The number of carbonyl (C=O) groups is 1. The van der Waals surface area contributed by atoms with Crippen LogP contribution in [-0.2, 0) is 26.9 Å². The van der Waals surface area contributed by atoms with Gasteiger partial charge in [0, 0.05) is 12.2 Å². The van der Waals surface area contributed by atoms with Gasteiger partial charge in [-0.25, -0.2) is 8.42 Å². The van der Waals surface area contributed by atoms with Crippen molar-refractivity contribution in [2.24, 2.45) is 0 Å². The summed E-state index contributed by atoms with van der Waals surface area (Å²) in [5.41, 5.74) is 7.66. The number of amides is 1. The quantitative estimate of drug-likeness (QED) is 0.790. The average Bonchev–Trinajstić information content (AvgIpc) is 2.48. The summed E-state index contributed by atoms with van der Waals surface area (Å²) in [6.07, 6.45) is 0. The number of anilines is 1. The van der Waals surface area contributed by atoms with Gasteiger partial charge in [0.25, 0.3) is 0 Å². The molecule has 22 heavy (non-hydrogen) atoms. The van der Waals surface area contributed by atoms with E-state index in [0.717, 1.165) is 5.56 Å².